The molecule has 1 aliphatic rings. The van der Waals surface area contributed by atoms with Crippen molar-refractivity contribution in [3.05, 3.63) is 51.0 Å². The molecule has 0 saturated carbocycles. The van der Waals surface area contributed by atoms with Gasteiger partial charge in [-0.15, -0.1) is 0 Å². The molecule has 0 bridgehead atoms. The number of aryl methyl sites for hydroxylation is 1. The molecule has 0 atom stereocenters. The minimum absolute atomic E-state index is 0.113. The summed E-state index contributed by atoms with van der Waals surface area (Å²) >= 11 is 2.16. The Morgan fingerprint density at radius 2 is 2.04 bits per heavy atom. The molecular weight excluding hydrogens is 419 g/mol. The Morgan fingerprint density at radius 3 is 2.79 bits per heavy atom. The second kappa shape index (κ2) is 7.89. The summed E-state index contributed by atoms with van der Waals surface area (Å²) in [7, 11) is 0. The van der Waals surface area contributed by atoms with Crippen molar-refractivity contribution in [1.82, 2.24) is 15.3 Å². The summed E-state index contributed by atoms with van der Waals surface area (Å²) < 4.78 is 6.30. The number of carbonyl (C=O) groups excluding carboxylic acids is 1. The number of amides is 1. The van der Waals surface area contributed by atoms with E-state index in [1.54, 1.807) is 0 Å². The molecule has 0 aliphatic carbocycles. The number of carbonyl (C=O) groups is 1. The van der Waals surface area contributed by atoms with Crippen LogP contribution in [0.3, 0.4) is 0 Å². The number of ether oxygens (including phenoxy) is 1. The zero-order chi connectivity index (χ0) is 16.9. The van der Waals surface area contributed by atoms with Gasteiger partial charge in [0.1, 0.15) is 11.6 Å². The average Bonchev–Trinajstić information content (AvgIpc) is 2.60. The van der Waals surface area contributed by atoms with Gasteiger partial charge in [0.2, 0.25) is 0 Å². The van der Waals surface area contributed by atoms with Crippen molar-refractivity contribution in [3.63, 3.8) is 0 Å². The first kappa shape index (κ1) is 17.1. The van der Waals surface area contributed by atoms with E-state index >= 15 is 0 Å². The van der Waals surface area contributed by atoms with Crippen molar-refractivity contribution in [2.75, 3.05) is 31.2 Å². The van der Waals surface area contributed by atoms with Crippen LogP contribution in [0.25, 0.3) is 0 Å². The van der Waals surface area contributed by atoms with E-state index in [4.69, 9.17) is 4.74 Å². The highest BCUT2D eigenvalue weighted by molar-refractivity contribution is 14.1. The summed E-state index contributed by atoms with van der Waals surface area (Å²) in [6.07, 6.45) is 0. The summed E-state index contributed by atoms with van der Waals surface area (Å²) in [5, 5.41) is 2.90. The van der Waals surface area contributed by atoms with E-state index in [1.165, 1.54) is 0 Å². The fourth-order valence-electron chi connectivity index (χ4n) is 2.55. The first-order valence-corrected chi connectivity index (χ1v) is 8.91. The number of halogens is 1. The van der Waals surface area contributed by atoms with Crippen LogP contribution in [-0.2, 0) is 11.3 Å². The predicted octanol–water partition coefficient (Wildman–Crippen LogP) is 2.16. The van der Waals surface area contributed by atoms with Crippen molar-refractivity contribution >= 4 is 34.3 Å². The lowest BCUT2D eigenvalue weighted by Gasteiger charge is -2.28. The average molecular weight is 438 g/mol. The van der Waals surface area contributed by atoms with Gasteiger partial charge in [-0.2, -0.15) is 0 Å². The van der Waals surface area contributed by atoms with E-state index in [0.717, 1.165) is 28.2 Å². The van der Waals surface area contributed by atoms with Crippen LogP contribution in [0.4, 0.5) is 5.82 Å². The number of nitrogens with zero attached hydrogens (tertiary/aromatic N) is 3. The summed E-state index contributed by atoms with van der Waals surface area (Å²) in [4.78, 5) is 23.5. The van der Waals surface area contributed by atoms with E-state index in [1.807, 2.05) is 37.3 Å². The van der Waals surface area contributed by atoms with Crippen molar-refractivity contribution in [1.29, 1.82) is 0 Å². The molecule has 1 amide bonds. The Bertz CT molecular complexity index is 732. The van der Waals surface area contributed by atoms with Gasteiger partial charge in [-0.25, -0.2) is 9.97 Å². The zero-order valence-corrected chi connectivity index (χ0v) is 15.6. The van der Waals surface area contributed by atoms with E-state index in [0.29, 0.717) is 31.1 Å². The minimum atomic E-state index is -0.113. The minimum Gasteiger partial charge on any atom is -0.378 e. The Morgan fingerprint density at radius 1 is 1.29 bits per heavy atom. The van der Waals surface area contributed by atoms with E-state index in [-0.39, 0.29) is 5.91 Å². The topological polar surface area (TPSA) is 67.3 Å². The number of aromatic nitrogens is 2. The van der Waals surface area contributed by atoms with Crippen LogP contribution < -0.4 is 10.2 Å². The smallest absolute Gasteiger partial charge is 0.252 e. The van der Waals surface area contributed by atoms with Crippen LogP contribution in [0.5, 0.6) is 0 Å². The van der Waals surface area contributed by atoms with Gasteiger partial charge in [0.05, 0.1) is 25.3 Å². The molecule has 24 heavy (non-hydrogen) atoms. The number of nitrogens with one attached hydrogen (secondary N) is 1. The van der Waals surface area contributed by atoms with Gasteiger partial charge in [-0.1, -0.05) is 12.1 Å². The number of hydrogen-bond donors (Lipinski definition) is 1. The van der Waals surface area contributed by atoms with Crippen LogP contribution in [0, 0.1) is 10.5 Å². The number of anilines is 1. The number of hydrogen-bond acceptors (Lipinski definition) is 5. The molecule has 0 spiro atoms. The van der Waals surface area contributed by atoms with Crippen LogP contribution in [0.15, 0.2) is 30.3 Å². The molecule has 7 heteroatoms. The normalized spacial score (nSPS) is 14.5. The van der Waals surface area contributed by atoms with Crippen LogP contribution in [0.2, 0.25) is 0 Å². The molecule has 1 fully saturated rings. The lowest BCUT2D eigenvalue weighted by molar-refractivity contribution is 0.0949. The molecule has 6 nitrogen and oxygen atoms in total. The maximum Gasteiger partial charge on any atom is 0.252 e. The maximum atomic E-state index is 12.3. The monoisotopic (exact) mass is 438 g/mol. The summed E-state index contributed by atoms with van der Waals surface area (Å²) in [6, 6.07) is 9.47. The highest BCUT2D eigenvalue weighted by Crippen LogP contribution is 2.15. The van der Waals surface area contributed by atoms with E-state index in [2.05, 4.69) is 42.8 Å². The lowest BCUT2D eigenvalue weighted by atomic mass is 10.2. The molecule has 1 N–H and O–H groups in total. The highest BCUT2D eigenvalue weighted by atomic mass is 127. The lowest BCUT2D eigenvalue weighted by Crippen LogP contribution is -2.37. The van der Waals surface area contributed by atoms with Gasteiger partial charge in [0, 0.05) is 28.4 Å². The molecule has 1 aromatic carbocycles. The largest absolute Gasteiger partial charge is 0.378 e. The van der Waals surface area contributed by atoms with Crippen molar-refractivity contribution in [2.45, 2.75) is 13.5 Å². The van der Waals surface area contributed by atoms with Crippen molar-refractivity contribution in [2.24, 2.45) is 0 Å². The zero-order valence-electron chi connectivity index (χ0n) is 13.5. The number of morpholine rings is 1. The number of rotatable bonds is 4. The standard InChI is InChI=1S/C17H19IN4O2/c1-12-10-16(22-6-8-24-9-7-22)21-15(20-12)11-19-17(23)13-4-2-3-5-14(13)18/h2-5,10H,6-9,11H2,1H3,(H,19,23). The quantitative estimate of drug-likeness (QED) is 0.742. The fourth-order valence-corrected chi connectivity index (χ4v) is 3.18. The summed E-state index contributed by atoms with van der Waals surface area (Å²) in [5.41, 5.74) is 1.56. The van der Waals surface area contributed by atoms with Gasteiger partial charge in [0.25, 0.3) is 5.91 Å². The Hall–Kier alpha value is -1.74. The molecular formula is C17H19IN4O2. The molecule has 0 radical (unpaired) electrons. The molecule has 126 valence electrons. The van der Waals surface area contributed by atoms with E-state index < -0.39 is 0 Å². The van der Waals surface area contributed by atoms with Gasteiger partial charge < -0.3 is 15.0 Å². The van der Waals surface area contributed by atoms with Crippen LogP contribution in [0.1, 0.15) is 21.9 Å². The van der Waals surface area contributed by atoms with Crippen LogP contribution >= 0.6 is 22.6 Å². The van der Waals surface area contributed by atoms with Crippen LogP contribution in [-0.4, -0.2) is 42.2 Å². The maximum absolute atomic E-state index is 12.3. The molecule has 0 unspecified atom stereocenters. The predicted molar refractivity (Wildman–Crippen MR) is 100 cm³/mol. The van der Waals surface area contributed by atoms with E-state index in [9.17, 15) is 4.79 Å². The second-order valence-electron chi connectivity index (χ2n) is 5.55. The molecule has 1 aromatic heterocycles. The highest BCUT2D eigenvalue weighted by Gasteiger charge is 2.15. The molecule has 2 aromatic rings. The molecule has 3 rings (SSSR count). The SMILES string of the molecule is Cc1cc(N2CCOCC2)nc(CNC(=O)c2ccccc2I)n1. The van der Waals surface area contributed by atoms with Gasteiger partial charge in [-0.05, 0) is 41.6 Å². The first-order chi connectivity index (χ1) is 11.6. The summed E-state index contributed by atoms with van der Waals surface area (Å²) in [5.74, 6) is 1.40. The summed E-state index contributed by atoms with van der Waals surface area (Å²) in [6.45, 7) is 5.32. The Labute approximate surface area is 154 Å². The Balaban J connectivity index is 1.70. The number of benzene rings is 1. The third-order valence-corrected chi connectivity index (χ3v) is 4.69. The van der Waals surface area contributed by atoms with Gasteiger partial charge >= 0.3 is 0 Å². The third kappa shape index (κ3) is 4.21. The molecule has 1 aliphatic heterocycles. The Kier molecular flexibility index (Phi) is 5.62. The molecule has 2 heterocycles. The first-order valence-electron chi connectivity index (χ1n) is 7.83. The third-order valence-electron chi connectivity index (χ3n) is 3.75. The second-order valence-corrected chi connectivity index (χ2v) is 6.71. The van der Waals surface area contributed by atoms with Crippen molar-refractivity contribution in [3.8, 4) is 0 Å². The van der Waals surface area contributed by atoms with Crippen molar-refractivity contribution < 1.29 is 9.53 Å². The van der Waals surface area contributed by atoms with Gasteiger partial charge in [0.15, 0.2) is 0 Å². The van der Waals surface area contributed by atoms with Gasteiger partial charge in [-0.3, -0.25) is 4.79 Å². The molecule has 1 saturated heterocycles. The fraction of sp³-hybridized carbons (Fsp3) is 0.353.